The molecule has 1 N–H and O–H groups in total. The molecule has 0 radical (unpaired) electrons. The molecule has 2 rings (SSSR count). The molecule has 100 valence electrons. The first-order valence-corrected chi connectivity index (χ1v) is 7.17. The van der Waals surface area contributed by atoms with Gasteiger partial charge in [-0.1, -0.05) is 31.4 Å². The lowest BCUT2D eigenvalue weighted by atomic mass is 9.89. The molecule has 1 aromatic rings. The molecule has 18 heavy (non-hydrogen) atoms. The van der Waals surface area contributed by atoms with Crippen LogP contribution in [0.15, 0.2) is 24.3 Å². The summed E-state index contributed by atoms with van der Waals surface area (Å²) in [6.07, 6.45) is 7.09. The van der Waals surface area contributed by atoms with Crippen LogP contribution in [0.4, 0.5) is 0 Å². The van der Waals surface area contributed by atoms with Crippen molar-refractivity contribution in [3.8, 4) is 5.75 Å². The van der Waals surface area contributed by atoms with Crippen molar-refractivity contribution in [3.63, 3.8) is 0 Å². The molecule has 0 spiro atoms. The van der Waals surface area contributed by atoms with E-state index < -0.39 is 0 Å². The zero-order chi connectivity index (χ0) is 12.8. The highest BCUT2D eigenvalue weighted by atomic mass is 16.5. The number of rotatable bonds is 5. The number of hydrogen-bond donors (Lipinski definition) is 1. The van der Waals surface area contributed by atoms with Crippen molar-refractivity contribution in [2.75, 3.05) is 13.7 Å². The van der Waals surface area contributed by atoms with E-state index in [4.69, 9.17) is 4.74 Å². The first-order valence-electron chi connectivity index (χ1n) is 7.17. The fraction of sp³-hybridized carbons (Fsp3) is 0.625. The summed E-state index contributed by atoms with van der Waals surface area (Å²) in [6, 6.07) is 8.80. The van der Waals surface area contributed by atoms with Gasteiger partial charge in [0.15, 0.2) is 0 Å². The van der Waals surface area contributed by atoms with Crippen LogP contribution in [0.25, 0.3) is 0 Å². The van der Waals surface area contributed by atoms with Gasteiger partial charge < -0.3 is 10.1 Å². The number of methoxy groups -OCH3 is 1. The van der Waals surface area contributed by atoms with E-state index in [-0.39, 0.29) is 0 Å². The summed E-state index contributed by atoms with van der Waals surface area (Å²) in [5.74, 6) is 1.82. The minimum atomic E-state index is 0.429. The number of benzene rings is 1. The molecule has 1 aliphatic rings. The molecule has 1 aromatic carbocycles. The molecule has 0 heterocycles. The Morgan fingerprint density at radius 3 is 2.44 bits per heavy atom. The second-order valence-electron chi connectivity index (χ2n) is 5.41. The van der Waals surface area contributed by atoms with Crippen molar-refractivity contribution >= 4 is 0 Å². The highest BCUT2D eigenvalue weighted by molar-refractivity contribution is 5.28. The molecule has 1 fully saturated rings. The second-order valence-corrected chi connectivity index (χ2v) is 5.41. The van der Waals surface area contributed by atoms with Crippen LogP contribution in [0, 0.1) is 5.92 Å². The first-order chi connectivity index (χ1) is 8.79. The Bertz CT molecular complexity index is 341. The smallest absolute Gasteiger partial charge is 0.118 e. The zero-order valence-electron chi connectivity index (χ0n) is 11.6. The van der Waals surface area contributed by atoms with Crippen LogP contribution >= 0.6 is 0 Å². The Kier molecular flexibility index (Phi) is 5.06. The third-order valence-electron chi connectivity index (χ3n) is 4.05. The van der Waals surface area contributed by atoms with Crippen LogP contribution < -0.4 is 10.1 Å². The highest BCUT2D eigenvalue weighted by Crippen LogP contribution is 2.24. The van der Waals surface area contributed by atoms with E-state index in [1.807, 2.05) is 12.1 Å². The minimum Gasteiger partial charge on any atom is -0.497 e. The van der Waals surface area contributed by atoms with E-state index in [2.05, 4.69) is 24.4 Å². The van der Waals surface area contributed by atoms with Crippen molar-refractivity contribution < 1.29 is 4.74 Å². The van der Waals surface area contributed by atoms with Crippen LogP contribution in [0.1, 0.15) is 50.6 Å². The summed E-state index contributed by atoms with van der Waals surface area (Å²) in [7, 11) is 1.71. The van der Waals surface area contributed by atoms with Gasteiger partial charge in [-0.2, -0.15) is 0 Å². The zero-order valence-corrected chi connectivity index (χ0v) is 11.6. The standard InChI is InChI=1S/C16H25NO/c1-13(15-8-10-16(18-2)11-9-15)17-12-14-6-4-3-5-7-14/h8-11,13-14,17H,3-7,12H2,1-2H3/t13-/m0/s1. The number of hydrogen-bond acceptors (Lipinski definition) is 2. The maximum Gasteiger partial charge on any atom is 0.118 e. The molecule has 1 saturated carbocycles. The monoisotopic (exact) mass is 247 g/mol. The molecule has 1 aliphatic carbocycles. The lowest BCUT2D eigenvalue weighted by Gasteiger charge is -2.24. The molecule has 2 heteroatoms. The summed E-state index contributed by atoms with van der Waals surface area (Å²) in [4.78, 5) is 0. The van der Waals surface area contributed by atoms with Gasteiger partial charge in [0.05, 0.1) is 7.11 Å². The summed E-state index contributed by atoms with van der Waals surface area (Å²) in [5.41, 5.74) is 1.34. The topological polar surface area (TPSA) is 21.3 Å². The van der Waals surface area contributed by atoms with E-state index in [1.54, 1.807) is 7.11 Å². The third kappa shape index (κ3) is 3.74. The summed E-state index contributed by atoms with van der Waals surface area (Å²) in [5, 5.41) is 3.67. The van der Waals surface area contributed by atoms with E-state index in [0.29, 0.717) is 6.04 Å². The molecule has 1 atom stereocenters. The molecule has 0 aliphatic heterocycles. The van der Waals surface area contributed by atoms with Crippen LogP contribution in [-0.4, -0.2) is 13.7 Å². The predicted octanol–water partition coefficient (Wildman–Crippen LogP) is 3.93. The second kappa shape index (κ2) is 6.79. The van der Waals surface area contributed by atoms with Crippen molar-refractivity contribution in [3.05, 3.63) is 29.8 Å². The predicted molar refractivity (Wildman–Crippen MR) is 76.0 cm³/mol. The molecule has 0 aromatic heterocycles. The maximum atomic E-state index is 5.18. The van der Waals surface area contributed by atoms with Gasteiger partial charge >= 0.3 is 0 Å². The SMILES string of the molecule is COc1ccc([C@H](C)NCC2CCCCC2)cc1. The van der Waals surface area contributed by atoms with E-state index in [9.17, 15) is 0 Å². The van der Waals surface area contributed by atoms with Gasteiger partial charge in [-0.25, -0.2) is 0 Å². The van der Waals surface area contributed by atoms with Gasteiger partial charge in [0.2, 0.25) is 0 Å². The van der Waals surface area contributed by atoms with E-state index in [1.165, 1.54) is 37.7 Å². The molecule has 0 saturated heterocycles. The summed E-state index contributed by atoms with van der Waals surface area (Å²) in [6.45, 7) is 3.40. The first kappa shape index (κ1) is 13.4. The van der Waals surface area contributed by atoms with Gasteiger partial charge in [-0.3, -0.25) is 0 Å². The van der Waals surface area contributed by atoms with Gasteiger partial charge in [0.1, 0.15) is 5.75 Å². The summed E-state index contributed by atoms with van der Waals surface area (Å²) < 4.78 is 5.18. The summed E-state index contributed by atoms with van der Waals surface area (Å²) >= 11 is 0. The average molecular weight is 247 g/mol. The fourth-order valence-electron chi connectivity index (χ4n) is 2.75. The Labute approximate surface area is 111 Å². The van der Waals surface area contributed by atoms with Gasteiger partial charge in [-0.05, 0) is 49.9 Å². The lowest BCUT2D eigenvalue weighted by molar-refractivity contribution is 0.331. The molecule has 0 bridgehead atoms. The maximum absolute atomic E-state index is 5.18. The number of ether oxygens (including phenoxy) is 1. The Balaban J connectivity index is 1.80. The Morgan fingerprint density at radius 1 is 1.17 bits per heavy atom. The number of nitrogens with one attached hydrogen (secondary N) is 1. The van der Waals surface area contributed by atoms with Crippen molar-refractivity contribution in [1.29, 1.82) is 0 Å². The van der Waals surface area contributed by atoms with Crippen molar-refractivity contribution in [1.82, 2.24) is 5.32 Å². The quantitative estimate of drug-likeness (QED) is 0.851. The molecule has 0 amide bonds. The van der Waals surface area contributed by atoms with Crippen LogP contribution in [-0.2, 0) is 0 Å². The van der Waals surface area contributed by atoms with Crippen LogP contribution in [0.2, 0.25) is 0 Å². The highest BCUT2D eigenvalue weighted by Gasteiger charge is 2.14. The van der Waals surface area contributed by atoms with Gasteiger partial charge in [-0.15, -0.1) is 0 Å². The lowest BCUT2D eigenvalue weighted by Crippen LogP contribution is -2.27. The average Bonchev–Trinajstić information content (AvgIpc) is 2.46. The van der Waals surface area contributed by atoms with Crippen LogP contribution in [0.5, 0.6) is 5.75 Å². The molecular weight excluding hydrogens is 222 g/mol. The molecule has 2 nitrogen and oxygen atoms in total. The third-order valence-corrected chi connectivity index (χ3v) is 4.05. The Morgan fingerprint density at radius 2 is 1.83 bits per heavy atom. The van der Waals surface area contributed by atoms with Gasteiger partial charge in [0.25, 0.3) is 0 Å². The Hall–Kier alpha value is -1.02. The van der Waals surface area contributed by atoms with Gasteiger partial charge in [0, 0.05) is 6.04 Å². The van der Waals surface area contributed by atoms with E-state index in [0.717, 1.165) is 18.2 Å². The largest absolute Gasteiger partial charge is 0.497 e. The van der Waals surface area contributed by atoms with E-state index >= 15 is 0 Å². The molecule has 0 unspecified atom stereocenters. The van der Waals surface area contributed by atoms with Crippen LogP contribution in [0.3, 0.4) is 0 Å². The normalized spacial score (nSPS) is 18.6. The van der Waals surface area contributed by atoms with Crippen molar-refractivity contribution in [2.24, 2.45) is 5.92 Å². The fourth-order valence-corrected chi connectivity index (χ4v) is 2.75. The minimum absolute atomic E-state index is 0.429. The van der Waals surface area contributed by atoms with Crippen molar-refractivity contribution in [2.45, 2.75) is 45.1 Å². The molecular formula is C16H25NO.